The van der Waals surface area contributed by atoms with E-state index in [1.54, 1.807) is 12.1 Å². The van der Waals surface area contributed by atoms with Crippen molar-refractivity contribution in [1.29, 1.82) is 0 Å². The van der Waals surface area contributed by atoms with Crippen LogP contribution in [0.25, 0.3) is 0 Å². The molecule has 2 aromatic rings. The molecule has 18 heavy (non-hydrogen) atoms. The predicted octanol–water partition coefficient (Wildman–Crippen LogP) is 2.51. The SMILES string of the molecule is Nc1cc(N)c(Cc2ccccc2)c(C(=O)S)c1. The summed E-state index contributed by atoms with van der Waals surface area (Å²) >= 11 is 3.87. The lowest BCUT2D eigenvalue weighted by Gasteiger charge is -2.11. The lowest BCUT2D eigenvalue weighted by molar-refractivity contribution is 0.109. The van der Waals surface area contributed by atoms with Crippen LogP contribution in [0.3, 0.4) is 0 Å². The Bertz CT molecular complexity index is 582. The van der Waals surface area contributed by atoms with Crippen LogP contribution in [0.15, 0.2) is 42.5 Å². The number of hydrogen-bond donors (Lipinski definition) is 3. The zero-order valence-corrected chi connectivity index (χ0v) is 10.7. The first-order valence-corrected chi connectivity index (χ1v) is 5.97. The second-order valence-electron chi connectivity index (χ2n) is 4.10. The minimum Gasteiger partial charge on any atom is -0.399 e. The number of hydrogen-bond acceptors (Lipinski definition) is 3. The molecule has 0 aliphatic carbocycles. The van der Waals surface area contributed by atoms with Crippen molar-refractivity contribution in [3.05, 3.63) is 59.2 Å². The van der Waals surface area contributed by atoms with E-state index in [4.69, 9.17) is 11.5 Å². The van der Waals surface area contributed by atoms with Gasteiger partial charge in [0, 0.05) is 23.4 Å². The summed E-state index contributed by atoms with van der Waals surface area (Å²) in [5, 5.41) is -0.320. The highest BCUT2D eigenvalue weighted by Crippen LogP contribution is 2.25. The summed E-state index contributed by atoms with van der Waals surface area (Å²) in [5.74, 6) is 0. The van der Waals surface area contributed by atoms with Crippen LogP contribution in [-0.2, 0) is 6.42 Å². The average molecular weight is 258 g/mol. The molecule has 0 aromatic heterocycles. The first-order valence-electron chi connectivity index (χ1n) is 5.53. The van der Waals surface area contributed by atoms with Crippen LogP contribution in [0.1, 0.15) is 21.5 Å². The molecule has 0 saturated carbocycles. The minimum atomic E-state index is -0.320. The molecule has 4 N–H and O–H groups in total. The largest absolute Gasteiger partial charge is 0.399 e. The Labute approximate surface area is 111 Å². The van der Waals surface area contributed by atoms with E-state index in [-0.39, 0.29) is 5.12 Å². The van der Waals surface area contributed by atoms with Crippen LogP contribution in [0, 0.1) is 0 Å². The van der Waals surface area contributed by atoms with Gasteiger partial charge < -0.3 is 11.5 Å². The fraction of sp³-hybridized carbons (Fsp3) is 0.0714. The topological polar surface area (TPSA) is 69.1 Å². The van der Waals surface area contributed by atoms with Gasteiger partial charge in [-0.25, -0.2) is 0 Å². The van der Waals surface area contributed by atoms with Gasteiger partial charge in [0.25, 0.3) is 0 Å². The lowest BCUT2D eigenvalue weighted by Crippen LogP contribution is -2.05. The maximum Gasteiger partial charge on any atom is 0.216 e. The maximum atomic E-state index is 11.5. The summed E-state index contributed by atoms with van der Waals surface area (Å²) in [6.45, 7) is 0. The number of nitrogen functional groups attached to an aromatic ring is 2. The Morgan fingerprint density at radius 1 is 1.11 bits per heavy atom. The number of benzene rings is 2. The van der Waals surface area contributed by atoms with Crippen molar-refractivity contribution < 1.29 is 4.79 Å². The van der Waals surface area contributed by atoms with Crippen molar-refractivity contribution in [3.63, 3.8) is 0 Å². The van der Waals surface area contributed by atoms with E-state index in [2.05, 4.69) is 12.6 Å². The second kappa shape index (κ2) is 5.14. The van der Waals surface area contributed by atoms with Crippen LogP contribution in [0.2, 0.25) is 0 Å². The summed E-state index contributed by atoms with van der Waals surface area (Å²) in [7, 11) is 0. The molecule has 0 fully saturated rings. The Morgan fingerprint density at radius 2 is 1.78 bits per heavy atom. The highest BCUT2D eigenvalue weighted by molar-refractivity contribution is 7.97. The molecular weight excluding hydrogens is 244 g/mol. The smallest absolute Gasteiger partial charge is 0.216 e. The van der Waals surface area contributed by atoms with E-state index in [1.165, 1.54) is 0 Å². The number of rotatable bonds is 3. The molecule has 0 amide bonds. The van der Waals surface area contributed by atoms with Gasteiger partial charge >= 0.3 is 0 Å². The molecule has 0 bridgehead atoms. The fourth-order valence-corrected chi connectivity index (χ4v) is 2.11. The quantitative estimate of drug-likeness (QED) is 0.585. The van der Waals surface area contributed by atoms with Crippen LogP contribution in [-0.4, -0.2) is 5.12 Å². The van der Waals surface area contributed by atoms with Crippen molar-refractivity contribution in [3.8, 4) is 0 Å². The zero-order chi connectivity index (χ0) is 13.1. The van der Waals surface area contributed by atoms with E-state index >= 15 is 0 Å². The van der Waals surface area contributed by atoms with Crippen molar-refractivity contribution in [2.45, 2.75) is 6.42 Å². The Hall–Kier alpha value is -1.94. The Kier molecular flexibility index (Phi) is 3.58. The number of thiol groups is 1. The van der Waals surface area contributed by atoms with Crippen molar-refractivity contribution >= 4 is 29.1 Å². The minimum absolute atomic E-state index is 0.320. The van der Waals surface area contributed by atoms with Gasteiger partial charge in [0.2, 0.25) is 5.12 Å². The standard InChI is InChI=1S/C14H14N2OS/c15-10-7-12(14(17)18)11(13(16)8-10)6-9-4-2-1-3-5-9/h1-5,7-8H,6,15-16H2,(H,17,18). The normalized spacial score (nSPS) is 10.3. The third-order valence-electron chi connectivity index (χ3n) is 2.76. The molecule has 0 aliphatic heterocycles. The van der Waals surface area contributed by atoms with E-state index < -0.39 is 0 Å². The molecule has 0 spiro atoms. The van der Waals surface area contributed by atoms with Gasteiger partial charge in [-0.2, -0.15) is 0 Å². The van der Waals surface area contributed by atoms with Gasteiger partial charge in [-0.1, -0.05) is 30.3 Å². The zero-order valence-electron chi connectivity index (χ0n) is 9.76. The first kappa shape index (κ1) is 12.5. The molecule has 4 heteroatoms. The van der Waals surface area contributed by atoms with Gasteiger partial charge in [0.1, 0.15) is 0 Å². The highest BCUT2D eigenvalue weighted by Gasteiger charge is 2.13. The van der Waals surface area contributed by atoms with Gasteiger partial charge in [-0.3, -0.25) is 4.79 Å². The van der Waals surface area contributed by atoms with Gasteiger partial charge in [-0.05, 0) is 23.3 Å². The average Bonchev–Trinajstić information content (AvgIpc) is 2.33. The Balaban J connectivity index is 2.47. The molecule has 0 heterocycles. The number of carbonyl (C=O) groups is 1. The number of carbonyl (C=O) groups excluding carboxylic acids is 1. The van der Waals surface area contributed by atoms with E-state index in [1.807, 2.05) is 30.3 Å². The van der Waals surface area contributed by atoms with E-state index in [9.17, 15) is 4.79 Å². The van der Waals surface area contributed by atoms with Gasteiger partial charge in [0.05, 0.1) is 0 Å². The van der Waals surface area contributed by atoms with Crippen LogP contribution in [0.4, 0.5) is 11.4 Å². The summed E-state index contributed by atoms with van der Waals surface area (Å²) in [4.78, 5) is 11.5. The van der Waals surface area contributed by atoms with Crippen molar-refractivity contribution in [1.82, 2.24) is 0 Å². The highest BCUT2D eigenvalue weighted by atomic mass is 32.1. The molecule has 2 rings (SSSR count). The first-order chi connectivity index (χ1) is 8.58. The monoisotopic (exact) mass is 258 g/mol. The molecule has 92 valence electrons. The van der Waals surface area contributed by atoms with E-state index in [0.717, 1.165) is 11.1 Å². The summed E-state index contributed by atoms with van der Waals surface area (Å²) in [5.41, 5.74) is 15.0. The fourth-order valence-electron chi connectivity index (χ4n) is 1.91. The molecule has 0 unspecified atom stereocenters. The summed E-state index contributed by atoms with van der Waals surface area (Å²) in [6, 6.07) is 13.1. The molecule has 3 nitrogen and oxygen atoms in total. The predicted molar refractivity (Wildman–Crippen MR) is 77.8 cm³/mol. The van der Waals surface area contributed by atoms with Crippen LogP contribution < -0.4 is 11.5 Å². The third-order valence-corrected chi connectivity index (χ3v) is 3.00. The number of nitrogens with two attached hydrogens (primary N) is 2. The number of anilines is 2. The second-order valence-corrected chi connectivity index (χ2v) is 4.51. The molecule has 0 atom stereocenters. The van der Waals surface area contributed by atoms with Crippen molar-refractivity contribution in [2.75, 3.05) is 11.5 Å². The molecule has 2 aromatic carbocycles. The molecule has 0 radical (unpaired) electrons. The molecular formula is C14H14N2OS. The van der Waals surface area contributed by atoms with Gasteiger partial charge in [-0.15, -0.1) is 12.6 Å². The summed E-state index contributed by atoms with van der Waals surface area (Å²) in [6.07, 6.45) is 0.592. The molecule has 0 saturated heterocycles. The van der Waals surface area contributed by atoms with Crippen LogP contribution in [0.5, 0.6) is 0 Å². The Morgan fingerprint density at radius 3 is 2.39 bits per heavy atom. The van der Waals surface area contributed by atoms with E-state index in [0.29, 0.717) is 23.4 Å². The maximum absolute atomic E-state index is 11.5. The molecule has 0 aliphatic rings. The van der Waals surface area contributed by atoms with Crippen molar-refractivity contribution in [2.24, 2.45) is 0 Å². The summed E-state index contributed by atoms with van der Waals surface area (Å²) < 4.78 is 0. The lowest BCUT2D eigenvalue weighted by atomic mass is 9.98. The van der Waals surface area contributed by atoms with Gasteiger partial charge in [0.15, 0.2) is 0 Å². The van der Waals surface area contributed by atoms with Crippen LogP contribution >= 0.6 is 12.6 Å². The third kappa shape index (κ3) is 2.65.